The lowest BCUT2D eigenvalue weighted by Crippen LogP contribution is -2.63. The highest BCUT2D eigenvalue weighted by Crippen LogP contribution is 2.45. The molecule has 3 nitrogen and oxygen atoms in total. The van der Waals surface area contributed by atoms with Crippen molar-refractivity contribution in [2.24, 2.45) is 0 Å². The molecule has 2 aliphatic rings. The normalized spacial score (nSPS) is 15.3. The van der Waals surface area contributed by atoms with Crippen LogP contribution in [0.15, 0.2) is 106 Å². The summed E-state index contributed by atoms with van der Waals surface area (Å²) in [6, 6.07) is 34.1. The molecule has 4 heteroatoms. The van der Waals surface area contributed by atoms with E-state index in [2.05, 4.69) is 110 Å². The molecule has 35 heavy (non-hydrogen) atoms. The molecule has 0 saturated heterocycles. The lowest BCUT2D eigenvalue weighted by atomic mass is 9.32. The predicted octanol–water partition coefficient (Wildman–Crippen LogP) is 6.12. The van der Waals surface area contributed by atoms with E-state index in [4.69, 9.17) is 8.83 Å². The highest BCUT2D eigenvalue weighted by Gasteiger charge is 2.51. The van der Waals surface area contributed by atoms with E-state index in [-0.39, 0.29) is 12.1 Å². The molecule has 0 saturated carbocycles. The molecule has 0 atom stereocenters. The molecule has 0 radical (unpaired) electrons. The fraction of sp³-hybridized carbons (Fsp3) is 0.0968. The number of hydrogen-bond acceptors (Lipinski definition) is 3. The minimum atomic E-state index is -0.205. The van der Waals surface area contributed by atoms with Crippen molar-refractivity contribution in [1.29, 1.82) is 0 Å². The van der Waals surface area contributed by atoms with Crippen molar-refractivity contribution in [1.82, 2.24) is 0 Å². The number of para-hydroxylation sites is 3. The number of anilines is 3. The SMILES string of the molecule is CC1(C)c2cccc3c2B(c2oc4ccccc4c21)c1c(oc2ccccc12)N3c1ccccc1. The van der Waals surface area contributed by atoms with Crippen LogP contribution in [0.25, 0.3) is 21.9 Å². The van der Waals surface area contributed by atoms with Crippen LogP contribution in [0.1, 0.15) is 25.0 Å². The molecule has 0 fully saturated rings. The third-order valence-electron chi connectivity index (χ3n) is 7.92. The van der Waals surface area contributed by atoms with Gasteiger partial charge < -0.3 is 8.83 Å². The summed E-state index contributed by atoms with van der Waals surface area (Å²) in [6.07, 6.45) is 0. The van der Waals surface area contributed by atoms with Gasteiger partial charge in [0, 0.05) is 38.6 Å². The Morgan fingerprint density at radius 3 is 2.14 bits per heavy atom. The van der Waals surface area contributed by atoms with Crippen molar-refractivity contribution in [3.05, 3.63) is 108 Å². The van der Waals surface area contributed by atoms with Gasteiger partial charge in [0.15, 0.2) is 0 Å². The molecule has 0 bridgehead atoms. The monoisotopic (exact) mass is 451 g/mol. The topological polar surface area (TPSA) is 29.5 Å². The largest absolute Gasteiger partial charge is 0.470 e. The van der Waals surface area contributed by atoms with Gasteiger partial charge in [-0.15, -0.1) is 0 Å². The maximum atomic E-state index is 6.73. The van der Waals surface area contributed by atoms with Crippen LogP contribution >= 0.6 is 0 Å². The summed E-state index contributed by atoms with van der Waals surface area (Å²) in [5.41, 5.74) is 10.0. The van der Waals surface area contributed by atoms with Crippen molar-refractivity contribution < 1.29 is 8.83 Å². The number of hydrogen-bond donors (Lipinski definition) is 0. The number of rotatable bonds is 1. The number of nitrogens with zero attached hydrogens (tertiary/aromatic N) is 1. The average molecular weight is 451 g/mol. The van der Waals surface area contributed by atoms with Crippen molar-refractivity contribution in [2.45, 2.75) is 19.3 Å². The Hall–Kier alpha value is -4.18. The fourth-order valence-corrected chi connectivity index (χ4v) is 6.49. The standard InChI is InChI=1S/C31H22BNO2/c1-31(2)22-15-10-16-23-28(22)32(29-26(31)20-13-6-8-17-24(20)34-29)27-21-14-7-9-18-25(21)35-30(27)33(23)19-11-4-3-5-12-19/h3-18H,1-2H3. The Morgan fingerprint density at radius 2 is 1.34 bits per heavy atom. The molecule has 0 unspecified atom stereocenters. The summed E-state index contributed by atoms with van der Waals surface area (Å²) in [7, 11) is 0. The van der Waals surface area contributed by atoms with E-state index in [0.29, 0.717) is 0 Å². The summed E-state index contributed by atoms with van der Waals surface area (Å²) < 4.78 is 13.4. The Balaban J connectivity index is 1.56. The summed E-state index contributed by atoms with van der Waals surface area (Å²) in [4.78, 5) is 2.29. The summed E-state index contributed by atoms with van der Waals surface area (Å²) in [6.45, 7) is 4.63. The highest BCUT2D eigenvalue weighted by molar-refractivity contribution is 6.99. The van der Waals surface area contributed by atoms with Gasteiger partial charge in [0.25, 0.3) is 6.71 Å². The highest BCUT2D eigenvalue weighted by atomic mass is 16.4. The van der Waals surface area contributed by atoms with E-state index in [1.807, 2.05) is 6.07 Å². The molecule has 2 aliphatic heterocycles. The smallest absolute Gasteiger partial charge is 0.297 e. The number of fused-ring (bicyclic) bond motifs is 8. The van der Waals surface area contributed by atoms with Gasteiger partial charge in [-0.2, -0.15) is 0 Å². The molecule has 4 aromatic carbocycles. The lowest BCUT2D eigenvalue weighted by Gasteiger charge is -2.41. The van der Waals surface area contributed by atoms with E-state index in [0.717, 1.165) is 39.5 Å². The predicted molar refractivity (Wildman–Crippen MR) is 144 cm³/mol. The van der Waals surface area contributed by atoms with Crippen LogP contribution in [-0.4, -0.2) is 6.71 Å². The van der Waals surface area contributed by atoms with Crippen molar-refractivity contribution >= 4 is 62.5 Å². The van der Waals surface area contributed by atoms with E-state index < -0.39 is 0 Å². The lowest BCUT2D eigenvalue weighted by molar-refractivity contribution is 0.604. The maximum absolute atomic E-state index is 6.73. The quantitative estimate of drug-likeness (QED) is 0.282. The van der Waals surface area contributed by atoms with Gasteiger partial charge in [0.05, 0.1) is 5.66 Å². The van der Waals surface area contributed by atoms with Gasteiger partial charge in [-0.05, 0) is 41.4 Å². The van der Waals surface area contributed by atoms with Crippen LogP contribution < -0.4 is 21.5 Å². The maximum Gasteiger partial charge on any atom is 0.297 e. The van der Waals surface area contributed by atoms with Crippen LogP contribution in [-0.2, 0) is 5.41 Å². The van der Waals surface area contributed by atoms with Crippen molar-refractivity contribution in [3.63, 3.8) is 0 Å². The molecule has 8 rings (SSSR count). The second-order valence-corrected chi connectivity index (χ2v) is 10.1. The van der Waals surface area contributed by atoms with E-state index in [1.54, 1.807) is 0 Å². The van der Waals surface area contributed by atoms with E-state index in [9.17, 15) is 0 Å². The molecule has 4 heterocycles. The Bertz CT molecular complexity index is 1790. The van der Waals surface area contributed by atoms with Gasteiger partial charge >= 0.3 is 0 Å². The third-order valence-corrected chi connectivity index (χ3v) is 7.92. The number of furan rings is 2. The zero-order chi connectivity index (χ0) is 23.3. The molecule has 6 aromatic rings. The first-order valence-corrected chi connectivity index (χ1v) is 12.2. The third kappa shape index (κ3) is 2.32. The first-order valence-electron chi connectivity index (χ1n) is 12.2. The first kappa shape index (κ1) is 19.2. The van der Waals surface area contributed by atoms with Crippen LogP contribution in [0, 0.1) is 0 Å². The van der Waals surface area contributed by atoms with Crippen molar-refractivity contribution in [3.8, 4) is 0 Å². The second kappa shape index (κ2) is 6.48. The van der Waals surface area contributed by atoms with Gasteiger partial charge in [-0.25, -0.2) is 0 Å². The minimum Gasteiger partial charge on any atom is -0.470 e. The summed E-state index contributed by atoms with van der Waals surface area (Å²) in [5.74, 6) is 0.873. The zero-order valence-corrected chi connectivity index (χ0v) is 19.6. The summed E-state index contributed by atoms with van der Waals surface area (Å²) >= 11 is 0. The molecule has 0 aliphatic carbocycles. The second-order valence-electron chi connectivity index (χ2n) is 10.1. The Kier molecular flexibility index (Phi) is 3.55. The molecular weight excluding hydrogens is 429 g/mol. The fourth-order valence-electron chi connectivity index (χ4n) is 6.49. The Morgan fingerprint density at radius 1 is 0.657 bits per heavy atom. The summed E-state index contributed by atoms with van der Waals surface area (Å²) in [5, 5.41) is 2.34. The van der Waals surface area contributed by atoms with Gasteiger partial charge in [-0.3, -0.25) is 4.90 Å². The molecule has 0 N–H and O–H groups in total. The van der Waals surface area contributed by atoms with E-state index in [1.165, 1.54) is 27.4 Å². The average Bonchev–Trinajstić information content (AvgIpc) is 3.46. The minimum absolute atomic E-state index is 0.0322. The zero-order valence-electron chi connectivity index (χ0n) is 19.6. The van der Waals surface area contributed by atoms with E-state index >= 15 is 0 Å². The van der Waals surface area contributed by atoms with Crippen molar-refractivity contribution in [2.75, 3.05) is 4.90 Å². The number of benzene rings is 4. The molecule has 2 aromatic heterocycles. The van der Waals surface area contributed by atoms with Crippen LogP contribution in [0.2, 0.25) is 0 Å². The van der Waals surface area contributed by atoms with Gasteiger partial charge in [0.1, 0.15) is 11.2 Å². The molecule has 166 valence electrons. The Labute approximate surface area is 203 Å². The van der Waals surface area contributed by atoms with Crippen LogP contribution in [0.5, 0.6) is 0 Å². The molecular formula is C31H22BNO2. The molecule has 0 amide bonds. The van der Waals surface area contributed by atoms with Crippen LogP contribution in [0.4, 0.5) is 17.3 Å². The molecule has 0 spiro atoms. The first-order chi connectivity index (χ1) is 17.1. The van der Waals surface area contributed by atoms with Gasteiger partial charge in [-0.1, -0.05) is 80.6 Å². The van der Waals surface area contributed by atoms with Gasteiger partial charge in [0.2, 0.25) is 5.88 Å². The van der Waals surface area contributed by atoms with Crippen LogP contribution in [0.3, 0.4) is 0 Å².